The summed E-state index contributed by atoms with van der Waals surface area (Å²) in [6, 6.07) is 1.22. The molecule has 2 N–H and O–H groups in total. The molecule has 3 fully saturated rings. The Balaban J connectivity index is 1.68. The highest BCUT2D eigenvalue weighted by Crippen LogP contribution is 2.54. The van der Waals surface area contributed by atoms with Crippen molar-refractivity contribution in [3.63, 3.8) is 0 Å². The molecule has 1 aromatic heterocycles. The fraction of sp³-hybridized carbons (Fsp3) is 0.611. The Labute approximate surface area is 159 Å². The third-order valence-electron chi connectivity index (χ3n) is 6.25. The summed E-state index contributed by atoms with van der Waals surface area (Å²) in [5.41, 5.74) is -1.48. The van der Waals surface area contributed by atoms with Crippen molar-refractivity contribution in [1.82, 2.24) is 4.98 Å². The third kappa shape index (κ3) is 2.76. The molecule has 0 bridgehead atoms. The lowest BCUT2D eigenvalue weighted by molar-refractivity contribution is -0.137. The SMILES string of the molecule is C[C@H]1[C@H](O)CN1c1nc(N2C[C@@H]3C(CC(=O)O)[C@@H]3C2)c(F)c(C(F)F)c1C#N. The van der Waals surface area contributed by atoms with Gasteiger partial charge in [0.05, 0.1) is 17.7 Å². The first-order chi connectivity index (χ1) is 13.2. The number of carboxylic acids is 1. The Hall–Kier alpha value is -2.54. The Morgan fingerprint density at radius 2 is 1.96 bits per heavy atom. The Morgan fingerprint density at radius 3 is 2.43 bits per heavy atom. The minimum absolute atomic E-state index is 0.0229. The van der Waals surface area contributed by atoms with E-state index in [0.29, 0.717) is 13.1 Å². The van der Waals surface area contributed by atoms with Crippen LogP contribution in [0.15, 0.2) is 0 Å². The summed E-state index contributed by atoms with van der Waals surface area (Å²) in [7, 11) is 0. The standard InChI is InChI=1S/C18H19F3N4O3/c1-7-12(26)6-25(7)17-9(3-22)14(16(20)21)15(19)18(23-17)24-4-10-8(2-13(27)28)11(10)5-24/h7-8,10-12,16,26H,2,4-6H2,1H3,(H,27,28)/t7-,8?,10-,11+,12+/m0/s1. The van der Waals surface area contributed by atoms with Crippen LogP contribution in [0.5, 0.6) is 0 Å². The molecule has 3 heterocycles. The predicted molar refractivity (Wildman–Crippen MR) is 91.6 cm³/mol. The van der Waals surface area contributed by atoms with Crippen LogP contribution in [0.3, 0.4) is 0 Å². The Morgan fingerprint density at radius 1 is 1.32 bits per heavy atom. The molecule has 1 unspecified atom stereocenters. The topological polar surface area (TPSA) is 101 Å². The molecule has 0 spiro atoms. The van der Waals surface area contributed by atoms with E-state index in [-0.39, 0.29) is 42.4 Å². The number of aliphatic hydroxyl groups is 1. The van der Waals surface area contributed by atoms with Crippen molar-refractivity contribution in [3.05, 3.63) is 16.9 Å². The van der Waals surface area contributed by atoms with Crippen LogP contribution in [0.1, 0.15) is 30.9 Å². The van der Waals surface area contributed by atoms with Crippen molar-refractivity contribution >= 4 is 17.6 Å². The van der Waals surface area contributed by atoms with E-state index in [1.165, 1.54) is 4.90 Å². The molecule has 4 rings (SSSR count). The van der Waals surface area contributed by atoms with Crippen molar-refractivity contribution < 1.29 is 28.2 Å². The second kappa shape index (κ2) is 6.51. The number of anilines is 2. The molecule has 0 amide bonds. The predicted octanol–water partition coefficient (Wildman–Crippen LogP) is 1.76. The maximum absolute atomic E-state index is 14.9. The fourth-order valence-electron chi connectivity index (χ4n) is 4.48. The summed E-state index contributed by atoms with van der Waals surface area (Å²) in [4.78, 5) is 18.1. The van der Waals surface area contributed by atoms with Crippen LogP contribution in [0, 0.1) is 34.9 Å². The number of pyridine rings is 1. The zero-order valence-corrected chi connectivity index (χ0v) is 15.0. The number of nitrogens with zero attached hydrogens (tertiary/aromatic N) is 4. The van der Waals surface area contributed by atoms with Crippen molar-refractivity contribution in [2.45, 2.75) is 31.9 Å². The van der Waals surface area contributed by atoms with Crippen LogP contribution in [0.2, 0.25) is 0 Å². The number of nitriles is 1. The summed E-state index contributed by atoms with van der Waals surface area (Å²) in [6.07, 6.45) is -3.81. The van der Waals surface area contributed by atoms with E-state index in [4.69, 9.17) is 5.11 Å². The maximum Gasteiger partial charge on any atom is 0.303 e. The maximum atomic E-state index is 14.9. The number of aromatic nitrogens is 1. The monoisotopic (exact) mass is 396 g/mol. The quantitative estimate of drug-likeness (QED) is 0.782. The van der Waals surface area contributed by atoms with Gasteiger partial charge in [-0.15, -0.1) is 0 Å². The number of carboxylic acid groups (broad SMARTS) is 1. The highest BCUT2D eigenvalue weighted by Gasteiger charge is 2.57. The van der Waals surface area contributed by atoms with Crippen molar-refractivity contribution in [3.8, 4) is 6.07 Å². The number of fused-ring (bicyclic) bond motifs is 1. The van der Waals surface area contributed by atoms with E-state index in [1.54, 1.807) is 17.9 Å². The minimum Gasteiger partial charge on any atom is -0.481 e. The van der Waals surface area contributed by atoms with Crippen LogP contribution >= 0.6 is 0 Å². The van der Waals surface area contributed by atoms with Gasteiger partial charge in [0.25, 0.3) is 6.43 Å². The number of aliphatic hydroxyl groups excluding tert-OH is 1. The summed E-state index contributed by atoms with van der Waals surface area (Å²) in [6.45, 7) is 2.49. The molecule has 1 saturated carbocycles. The molecule has 0 radical (unpaired) electrons. The van der Waals surface area contributed by atoms with Crippen LogP contribution in [0.25, 0.3) is 0 Å². The molecule has 28 heavy (non-hydrogen) atoms. The molecular formula is C18H19F3N4O3. The molecule has 10 heteroatoms. The number of β-amino-alcohol motifs (C(OH)–C–C–N with tert-alkyl or cyclic N) is 1. The van der Waals surface area contributed by atoms with Gasteiger partial charge in [0.15, 0.2) is 11.6 Å². The van der Waals surface area contributed by atoms with Gasteiger partial charge in [-0.3, -0.25) is 4.79 Å². The third-order valence-corrected chi connectivity index (χ3v) is 6.25. The summed E-state index contributed by atoms with van der Waals surface area (Å²) < 4.78 is 42.1. The molecule has 1 aromatic rings. The first-order valence-corrected chi connectivity index (χ1v) is 9.07. The normalized spacial score (nSPS) is 30.8. The summed E-state index contributed by atoms with van der Waals surface area (Å²) in [5, 5.41) is 28.0. The highest BCUT2D eigenvalue weighted by atomic mass is 19.3. The average molecular weight is 396 g/mol. The van der Waals surface area contributed by atoms with E-state index in [2.05, 4.69) is 4.98 Å². The zero-order chi connectivity index (χ0) is 20.3. The van der Waals surface area contributed by atoms with E-state index >= 15 is 0 Å². The smallest absolute Gasteiger partial charge is 0.303 e. The number of carbonyl (C=O) groups is 1. The Kier molecular flexibility index (Phi) is 4.38. The summed E-state index contributed by atoms with van der Waals surface area (Å²) >= 11 is 0. The lowest BCUT2D eigenvalue weighted by atomic mass is 9.99. The van der Waals surface area contributed by atoms with Gasteiger partial charge in [0.1, 0.15) is 17.5 Å². The first kappa shape index (κ1) is 18.8. The molecule has 150 valence electrons. The van der Waals surface area contributed by atoms with Crippen LogP contribution in [-0.2, 0) is 4.79 Å². The van der Waals surface area contributed by atoms with Gasteiger partial charge in [-0.1, -0.05) is 0 Å². The van der Waals surface area contributed by atoms with E-state index in [1.807, 2.05) is 0 Å². The second-order valence-corrected chi connectivity index (χ2v) is 7.73. The number of alkyl halides is 2. The first-order valence-electron chi connectivity index (χ1n) is 9.07. The van der Waals surface area contributed by atoms with Gasteiger partial charge in [-0.2, -0.15) is 5.26 Å². The van der Waals surface area contributed by atoms with Crippen LogP contribution in [-0.4, -0.2) is 52.9 Å². The minimum atomic E-state index is -3.19. The number of halogens is 3. The summed E-state index contributed by atoms with van der Waals surface area (Å²) in [5.74, 6) is -2.20. The van der Waals surface area contributed by atoms with Gasteiger partial charge < -0.3 is 20.0 Å². The number of hydrogen-bond acceptors (Lipinski definition) is 6. The molecule has 2 saturated heterocycles. The van der Waals surface area contributed by atoms with Gasteiger partial charge in [0, 0.05) is 26.1 Å². The molecular weight excluding hydrogens is 377 g/mol. The number of piperidine rings is 1. The average Bonchev–Trinajstić information content (AvgIpc) is 3.07. The molecule has 0 aromatic carbocycles. The van der Waals surface area contributed by atoms with Gasteiger partial charge in [-0.25, -0.2) is 18.2 Å². The zero-order valence-electron chi connectivity index (χ0n) is 15.0. The highest BCUT2D eigenvalue weighted by molar-refractivity contribution is 5.68. The molecule has 5 atom stereocenters. The van der Waals surface area contributed by atoms with Crippen molar-refractivity contribution in [1.29, 1.82) is 5.26 Å². The number of hydrogen-bond donors (Lipinski definition) is 2. The molecule has 7 nitrogen and oxygen atoms in total. The van der Waals surface area contributed by atoms with Crippen molar-refractivity contribution in [2.24, 2.45) is 17.8 Å². The number of aliphatic carboxylic acids is 1. The van der Waals surface area contributed by atoms with E-state index in [0.717, 1.165) is 0 Å². The molecule has 3 aliphatic rings. The van der Waals surface area contributed by atoms with E-state index < -0.39 is 41.5 Å². The number of rotatable bonds is 5. The lowest BCUT2D eigenvalue weighted by Gasteiger charge is -2.45. The van der Waals surface area contributed by atoms with Gasteiger partial charge >= 0.3 is 5.97 Å². The fourth-order valence-corrected chi connectivity index (χ4v) is 4.48. The van der Waals surface area contributed by atoms with Crippen LogP contribution < -0.4 is 9.80 Å². The van der Waals surface area contributed by atoms with Gasteiger partial charge in [0.2, 0.25) is 0 Å². The van der Waals surface area contributed by atoms with Crippen molar-refractivity contribution in [2.75, 3.05) is 29.4 Å². The van der Waals surface area contributed by atoms with Crippen LogP contribution in [0.4, 0.5) is 24.8 Å². The van der Waals surface area contributed by atoms with E-state index in [9.17, 15) is 28.3 Å². The Bertz CT molecular complexity index is 863. The molecule has 2 aliphatic heterocycles. The van der Waals surface area contributed by atoms with Gasteiger partial charge in [-0.05, 0) is 24.7 Å². The largest absolute Gasteiger partial charge is 0.481 e. The molecule has 1 aliphatic carbocycles. The lowest BCUT2D eigenvalue weighted by Crippen LogP contribution is -2.59. The second-order valence-electron chi connectivity index (χ2n) is 7.73.